The summed E-state index contributed by atoms with van der Waals surface area (Å²) >= 11 is 0. The van der Waals surface area contributed by atoms with Gasteiger partial charge in [0.25, 0.3) is 5.91 Å². The zero-order valence-corrected chi connectivity index (χ0v) is 18.9. The number of hydrogen-bond donors (Lipinski definition) is 4. The lowest BCUT2D eigenvalue weighted by Gasteiger charge is -2.13. The number of amides is 3. The Morgan fingerprint density at radius 3 is 2.53 bits per heavy atom. The van der Waals surface area contributed by atoms with Gasteiger partial charge in [-0.2, -0.15) is 0 Å². The van der Waals surface area contributed by atoms with Crippen LogP contribution in [-0.4, -0.2) is 30.3 Å². The summed E-state index contributed by atoms with van der Waals surface area (Å²) in [5.74, 6) is -0.186. The Bertz CT molecular complexity index is 1280. The molecule has 0 unspecified atom stereocenters. The first kappa shape index (κ1) is 24.3. The lowest BCUT2D eigenvalue weighted by Crippen LogP contribution is -2.27. The number of nitrogens with zero attached hydrogens (tertiary/aromatic N) is 1. The van der Waals surface area contributed by atoms with Crippen LogP contribution in [-0.2, 0) is 16.0 Å². The zero-order chi connectivity index (χ0) is 25.5. The van der Waals surface area contributed by atoms with Crippen molar-refractivity contribution in [3.8, 4) is 5.75 Å². The zero-order valence-electron chi connectivity index (χ0n) is 18.9. The number of carbonyl (C=O) groups excluding carboxylic acids is 2. The molecular formula is C24H21F2N5O5. The lowest BCUT2D eigenvalue weighted by molar-refractivity contribution is -0.334. The molecule has 2 heterocycles. The van der Waals surface area contributed by atoms with Crippen LogP contribution in [0, 0.1) is 0 Å². The number of halogens is 2. The van der Waals surface area contributed by atoms with E-state index in [4.69, 9.17) is 4.74 Å². The van der Waals surface area contributed by atoms with Gasteiger partial charge in [0.1, 0.15) is 11.6 Å². The maximum atomic E-state index is 13.0. The summed E-state index contributed by atoms with van der Waals surface area (Å²) in [5.41, 5.74) is 1.98. The summed E-state index contributed by atoms with van der Waals surface area (Å²) < 4.78 is 39.3. The third-order valence-electron chi connectivity index (χ3n) is 4.84. The summed E-state index contributed by atoms with van der Waals surface area (Å²) in [4.78, 5) is 29.0. The predicted octanol–water partition coefficient (Wildman–Crippen LogP) is 4.47. The van der Waals surface area contributed by atoms with E-state index in [1.165, 1.54) is 12.3 Å². The van der Waals surface area contributed by atoms with Crippen LogP contribution in [0.15, 0.2) is 79.0 Å². The molecule has 0 aliphatic carbocycles. The minimum Gasteiger partial charge on any atom is -0.497 e. The van der Waals surface area contributed by atoms with E-state index in [9.17, 15) is 18.4 Å². The minimum absolute atomic E-state index is 0.198. The Hall–Kier alpha value is -4.87. The highest BCUT2D eigenvalue weighted by molar-refractivity contribution is 6.00. The Morgan fingerprint density at radius 2 is 1.81 bits per heavy atom. The van der Waals surface area contributed by atoms with Gasteiger partial charge in [-0.15, -0.1) is 8.78 Å². The highest BCUT2D eigenvalue weighted by atomic mass is 19.3. The van der Waals surface area contributed by atoms with Crippen molar-refractivity contribution in [3.05, 3.63) is 90.1 Å². The van der Waals surface area contributed by atoms with Gasteiger partial charge in [0.05, 0.1) is 12.7 Å². The molecule has 1 aliphatic rings. The topological polar surface area (TPSA) is 123 Å². The highest BCUT2D eigenvalue weighted by Crippen LogP contribution is 2.27. The number of urea groups is 1. The molecule has 36 heavy (non-hydrogen) atoms. The summed E-state index contributed by atoms with van der Waals surface area (Å²) in [7, 11) is 1.55. The molecule has 0 saturated carbocycles. The van der Waals surface area contributed by atoms with E-state index in [2.05, 4.69) is 35.7 Å². The van der Waals surface area contributed by atoms with Gasteiger partial charge in [-0.1, -0.05) is 12.1 Å². The second-order valence-corrected chi connectivity index (χ2v) is 7.38. The second-order valence-electron chi connectivity index (χ2n) is 7.38. The quantitative estimate of drug-likeness (QED) is 0.362. The first-order chi connectivity index (χ1) is 17.3. The summed E-state index contributed by atoms with van der Waals surface area (Å²) in [6.45, 7) is 0.280. The van der Waals surface area contributed by atoms with Gasteiger partial charge < -0.3 is 24.8 Å². The number of aromatic nitrogens is 1. The second kappa shape index (κ2) is 10.6. The summed E-state index contributed by atoms with van der Waals surface area (Å²) in [5, 5.41) is 10.7. The number of alkyl halides is 2. The number of anilines is 3. The van der Waals surface area contributed by atoms with E-state index < -0.39 is 24.1 Å². The third kappa shape index (κ3) is 6.38. The number of ether oxygens (including phenoxy) is 3. The Kier molecular flexibility index (Phi) is 7.14. The molecule has 0 bridgehead atoms. The molecule has 4 rings (SSSR count). The van der Waals surface area contributed by atoms with E-state index in [0.717, 1.165) is 5.56 Å². The molecule has 3 aromatic rings. The number of carbonyl (C=O) groups is 2. The number of benzene rings is 2. The maximum Gasteiger partial charge on any atom is 0.586 e. The fourth-order valence-electron chi connectivity index (χ4n) is 3.17. The molecule has 0 fully saturated rings. The van der Waals surface area contributed by atoms with Crippen LogP contribution in [0.3, 0.4) is 0 Å². The molecule has 2 aromatic carbocycles. The van der Waals surface area contributed by atoms with E-state index in [-0.39, 0.29) is 12.1 Å². The van der Waals surface area contributed by atoms with Gasteiger partial charge in [0, 0.05) is 24.1 Å². The Labute approximate surface area is 204 Å². The molecule has 1 aromatic heterocycles. The monoisotopic (exact) mass is 497 g/mol. The molecule has 3 amide bonds. The van der Waals surface area contributed by atoms with E-state index in [1.54, 1.807) is 61.7 Å². The predicted molar refractivity (Wildman–Crippen MR) is 126 cm³/mol. The van der Waals surface area contributed by atoms with Gasteiger partial charge in [-0.3, -0.25) is 15.4 Å². The molecule has 0 radical (unpaired) electrons. The van der Waals surface area contributed by atoms with Gasteiger partial charge in [0.2, 0.25) is 5.88 Å². The van der Waals surface area contributed by atoms with Crippen LogP contribution in [0.25, 0.3) is 0 Å². The van der Waals surface area contributed by atoms with Crippen molar-refractivity contribution >= 4 is 29.1 Å². The molecule has 0 saturated heterocycles. The fraction of sp³-hybridized carbons (Fsp3) is 0.125. The van der Waals surface area contributed by atoms with Crippen LogP contribution in [0.1, 0.15) is 15.9 Å². The summed E-state index contributed by atoms with van der Waals surface area (Å²) in [6, 6.07) is 16.3. The van der Waals surface area contributed by atoms with Crippen LogP contribution in [0.4, 0.5) is 30.8 Å². The van der Waals surface area contributed by atoms with Crippen molar-refractivity contribution in [3.63, 3.8) is 0 Å². The van der Waals surface area contributed by atoms with Crippen molar-refractivity contribution in [1.82, 2.24) is 10.3 Å². The molecule has 0 spiro atoms. The fourth-order valence-corrected chi connectivity index (χ4v) is 3.17. The van der Waals surface area contributed by atoms with E-state index >= 15 is 0 Å². The number of rotatable bonds is 8. The highest BCUT2D eigenvalue weighted by Gasteiger charge is 2.41. The summed E-state index contributed by atoms with van der Waals surface area (Å²) in [6.07, 6.45) is -1.66. The number of para-hydroxylation sites is 1. The van der Waals surface area contributed by atoms with Crippen molar-refractivity contribution in [2.24, 2.45) is 0 Å². The average molecular weight is 497 g/mol. The smallest absolute Gasteiger partial charge is 0.497 e. The van der Waals surface area contributed by atoms with Crippen LogP contribution < -0.4 is 26.0 Å². The Morgan fingerprint density at radius 1 is 1.03 bits per heavy atom. The average Bonchev–Trinajstić information content (AvgIpc) is 3.21. The number of nitrogens with one attached hydrogen (secondary N) is 4. The van der Waals surface area contributed by atoms with E-state index in [0.29, 0.717) is 29.2 Å². The van der Waals surface area contributed by atoms with Crippen LogP contribution in [0.5, 0.6) is 5.75 Å². The maximum absolute atomic E-state index is 13.0. The van der Waals surface area contributed by atoms with Gasteiger partial charge >= 0.3 is 12.3 Å². The first-order valence-corrected chi connectivity index (χ1v) is 10.6. The van der Waals surface area contributed by atoms with Gasteiger partial charge in [0.15, 0.2) is 6.26 Å². The van der Waals surface area contributed by atoms with Crippen molar-refractivity contribution in [2.75, 3.05) is 23.1 Å². The SMILES string of the molecule is COc1ccc(NC(=O)Nc2cc(CNc3ccccc3C(=O)NC3=COC(F)(F)O3)ccn2)cc1. The number of pyridine rings is 1. The molecule has 0 atom stereocenters. The first-order valence-electron chi connectivity index (χ1n) is 10.6. The number of hydrogen-bond acceptors (Lipinski definition) is 7. The standard InChI is InChI=1S/C24H21F2N5O5/c1-34-17-8-6-16(7-9-17)29-23(33)30-20-12-15(10-11-27-20)13-28-19-5-3-2-4-18(19)22(32)31-21-14-35-24(25,26)36-21/h2-12,14,28H,13H2,1H3,(H,31,32)(H2,27,29,30,33). The normalized spacial score (nSPS) is 13.5. The molecule has 10 nitrogen and oxygen atoms in total. The number of methoxy groups -OCH3 is 1. The van der Waals surface area contributed by atoms with Crippen molar-refractivity contribution in [1.29, 1.82) is 0 Å². The van der Waals surface area contributed by atoms with Crippen molar-refractivity contribution in [2.45, 2.75) is 12.8 Å². The molecule has 186 valence electrons. The lowest BCUT2D eigenvalue weighted by atomic mass is 10.1. The third-order valence-corrected chi connectivity index (χ3v) is 4.84. The minimum atomic E-state index is -3.82. The molecule has 1 aliphatic heterocycles. The van der Waals surface area contributed by atoms with Crippen LogP contribution >= 0.6 is 0 Å². The van der Waals surface area contributed by atoms with Crippen molar-refractivity contribution < 1.29 is 32.6 Å². The van der Waals surface area contributed by atoms with Gasteiger partial charge in [-0.25, -0.2) is 9.78 Å². The van der Waals surface area contributed by atoms with Crippen LogP contribution in [0.2, 0.25) is 0 Å². The largest absolute Gasteiger partial charge is 0.586 e. The Balaban J connectivity index is 1.35. The van der Waals surface area contributed by atoms with E-state index in [1.807, 2.05) is 0 Å². The molecule has 4 N–H and O–H groups in total. The molecular weight excluding hydrogens is 476 g/mol. The van der Waals surface area contributed by atoms with Gasteiger partial charge in [-0.05, 0) is 54.1 Å². The molecule has 12 heteroatoms.